The maximum Gasteiger partial charge on any atom is 0.237 e. The number of hydrogen-bond donors (Lipinski definition) is 1. The van der Waals surface area contributed by atoms with Gasteiger partial charge in [0.15, 0.2) is 0 Å². The van der Waals surface area contributed by atoms with E-state index in [4.69, 9.17) is 0 Å². The predicted molar refractivity (Wildman–Crippen MR) is 58.1 cm³/mol. The number of amides is 1. The Bertz CT molecular complexity index is 186. The Hall–Kier alpha value is -0.570. The molecule has 0 aromatic rings. The molecule has 1 rings (SSSR count). The summed E-state index contributed by atoms with van der Waals surface area (Å²) in [7, 11) is 0. The number of nitrogens with zero attached hydrogens (tertiary/aromatic N) is 1. The Kier molecular flexibility index (Phi) is 4.39. The molecule has 1 N–H and O–H groups in total. The second-order valence-electron chi connectivity index (χ2n) is 4.56. The summed E-state index contributed by atoms with van der Waals surface area (Å²) >= 11 is 0. The van der Waals surface area contributed by atoms with Gasteiger partial charge in [0, 0.05) is 6.54 Å². The van der Waals surface area contributed by atoms with Crippen molar-refractivity contribution < 1.29 is 4.79 Å². The van der Waals surface area contributed by atoms with E-state index < -0.39 is 0 Å². The van der Waals surface area contributed by atoms with E-state index in [9.17, 15) is 4.79 Å². The summed E-state index contributed by atoms with van der Waals surface area (Å²) in [6.45, 7) is 9.17. The van der Waals surface area contributed by atoms with Crippen LogP contribution in [0.15, 0.2) is 0 Å². The van der Waals surface area contributed by atoms with Gasteiger partial charge in [-0.05, 0) is 38.8 Å². The van der Waals surface area contributed by atoms with Crippen molar-refractivity contribution in [1.29, 1.82) is 0 Å². The first kappa shape index (κ1) is 11.5. The molecule has 1 amide bonds. The second kappa shape index (κ2) is 5.35. The van der Waals surface area contributed by atoms with Crippen molar-refractivity contribution in [3.05, 3.63) is 0 Å². The first-order valence-electron chi connectivity index (χ1n) is 5.63. The third-order valence-corrected chi connectivity index (χ3v) is 2.75. The van der Waals surface area contributed by atoms with Crippen molar-refractivity contribution >= 4 is 5.91 Å². The molecule has 1 aliphatic rings. The van der Waals surface area contributed by atoms with E-state index >= 15 is 0 Å². The Morgan fingerprint density at radius 1 is 1.29 bits per heavy atom. The van der Waals surface area contributed by atoms with Crippen molar-refractivity contribution in [3.63, 3.8) is 0 Å². The summed E-state index contributed by atoms with van der Waals surface area (Å²) in [6, 6.07) is 0.0521. The zero-order chi connectivity index (χ0) is 10.6. The normalized spacial score (nSPS) is 20.0. The van der Waals surface area contributed by atoms with Crippen LogP contribution in [-0.2, 0) is 4.79 Å². The van der Waals surface area contributed by atoms with E-state index in [2.05, 4.69) is 24.1 Å². The molecule has 1 unspecified atom stereocenters. The number of carbonyl (C=O) groups excluding carboxylic acids is 1. The summed E-state index contributed by atoms with van der Waals surface area (Å²) in [6.07, 6.45) is 2.48. The van der Waals surface area contributed by atoms with Crippen LogP contribution in [0.2, 0.25) is 0 Å². The lowest BCUT2D eigenvalue weighted by molar-refractivity contribution is -0.125. The Morgan fingerprint density at radius 2 is 1.86 bits per heavy atom. The van der Waals surface area contributed by atoms with E-state index in [0.29, 0.717) is 5.92 Å². The minimum Gasteiger partial charge on any atom is -0.354 e. The molecule has 1 heterocycles. The summed E-state index contributed by atoms with van der Waals surface area (Å²) in [5.74, 6) is 0.713. The summed E-state index contributed by atoms with van der Waals surface area (Å²) in [4.78, 5) is 13.9. The van der Waals surface area contributed by atoms with E-state index in [-0.39, 0.29) is 11.9 Å². The number of nitrogens with one attached hydrogen (secondary N) is 1. The van der Waals surface area contributed by atoms with Crippen molar-refractivity contribution in [3.8, 4) is 0 Å². The van der Waals surface area contributed by atoms with Gasteiger partial charge >= 0.3 is 0 Å². The minimum atomic E-state index is 0.0521. The summed E-state index contributed by atoms with van der Waals surface area (Å²) in [5.41, 5.74) is 0. The van der Waals surface area contributed by atoms with Crippen LogP contribution in [0.1, 0.15) is 33.6 Å². The molecule has 0 aromatic heterocycles. The monoisotopic (exact) mass is 198 g/mol. The SMILES string of the molecule is CC(C)CNC(=O)C(C)N1CCCC1. The van der Waals surface area contributed by atoms with Crippen molar-refractivity contribution in [1.82, 2.24) is 10.2 Å². The highest BCUT2D eigenvalue weighted by Gasteiger charge is 2.23. The number of rotatable bonds is 4. The summed E-state index contributed by atoms with van der Waals surface area (Å²) < 4.78 is 0. The minimum absolute atomic E-state index is 0.0521. The Balaban J connectivity index is 2.28. The van der Waals surface area contributed by atoms with Crippen LogP contribution in [0, 0.1) is 5.92 Å². The first-order chi connectivity index (χ1) is 6.61. The molecule has 0 aliphatic carbocycles. The summed E-state index contributed by atoms with van der Waals surface area (Å²) in [5, 5.41) is 2.98. The largest absolute Gasteiger partial charge is 0.354 e. The maximum atomic E-state index is 11.7. The van der Waals surface area contributed by atoms with Gasteiger partial charge in [-0.25, -0.2) is 0 Å². The number of likely N-dealkylation sites (tertiary alicyclic amines) is 1. The highest BCUT2D eigenvalue weighted by Crippen LogP contribution is 2.11. The van der Waals surface area contributed by atoms with Crippen LogP contribution in [0.3, 0.4) is 0 Å². The Labute approximate surface area is 86.9 Å². The molecule has 0 saturated carbocycles. The molecule has 3 heteroatoms. The highest BCUT2D eigenvalue weighted by atomic mass is 16.2. The van der Waals surface area contributed by atoms with Gasteiger partial charge in [0.05, 0.1) is 6.04 Å². The lowest BCUT2D eigenvalue weighted by Gasteiger charge is -2.23. The second-order valence-corrected chi connectivity index (χ2v) is 4.56. The lowest BCUT2D eigenvalue weighted by atomic mass is 10.2. The topological polar surface area (TPSA) is 32.3 Å². The van der Waals surface area contributed by atoms with Crippen LogP contribution in [0.4, 0.5) is 0 Å². The quantitative estimate of drug-likeness (QED) is 0.737. The van der Waals surface area contributed by atoms with Crippen LogP contribution in [0.25, 0.3) is 0 Å². The van der Waals surface area contributed by atoms with Gasteiger partial charge in [0.25, 0.3) is 0 Å². The van der Waals surface area contributed by atoms with Crippen LogP contribution >= 0.6 is 0 Å². The van der Waals surface area contributed by atoms with Crippen molar-refractivity contribution in [2.45, 2.75) is 39.7 Å². The van der Waals surface area contributed by atoms with Crippen LogP contribution in [0.5, 0.6) is 0 Å². The van der Waals surface area contributed by atoms with Gasteiger partial charge in [0.1, 0.15) is 0 Å². The van der Waals surface area contributed by atoms with E-state index in [1.54, 1.807) is 0 Å². The van der Waals surface area contributed by atoms with Gasteiger partial charge in [-0.3, -0.25) is 9.69 Å². The number of hydrogen-bond acceptors (Lipinski definition) is 2. The zero-order valence-electron chi connectivity index (χ0n) is 9.55. The van der Waals surface area contributed by atoms with Crippen molar-refractivity contribution in [2.24, 2.45) is 5.92 Å². The average Bonchev–Trinajstić information content (AvgIpc) is 2.65. The van der Waals surface area contributed by atoms with Gasteiger partial charge in [-0.15, -0.1) is 0 Å². The van der Waals surface area contributed by atoms with E-state index in [1.165, 1.54) is 12.8 Å². The fourth-order valence-electron chi connectivity index (χ4n) is 1.75. The predicted octanol–water partition coefficient (Wildman–Crippen LogP) is 1.24. The van der Waals surface area contributed by atoms with Gasteiger partial charge in [0.2, 0.25) is 5.91 Å². The van der Waals surface area contributed by atoms with Gasteiger partial charge in [-0.2, -0.15) is 0 Å². The molecule has 14 heavy (non-hydrogen) atoms. The Morgan fingerprint density at radius 3 is 2.36 bits per heavy atom. The molecule has 82 valence electrons. The highest BCUT2D eigenvalue weighted by molar-refractivity contribution is 5.81. The molecule has 1 atom stereocenters. The van der Waals surface area contributed by atoms with E-state index in [0.717, 1.165) is 19.6 Å². The molecule has 0 aromatic carbocycles. The molecular weight excluding hydrogens is 176 g/mol. The molecule has 0 spiro atoms. The lowest BCUT2D eigenvalue weighted by Crippen LogP contribution is -2.44. The third-order valence-electron chi connectivity index (χ3n) is 2.75. The molecule has 3 nitrogen and oxygen atoms in total. The maximum absolute atomic E-state index is 11.7. The standard InChI is InChI=1S/C11H22N2O/c1-9(2)8-12-11(14)10(3)13-6-4-5-7-13/h9-10H,4-8H2,1-3H3,(H,12,14). The number of carbonyl (C=O) groups is 1. The smallest absolute Gasteiger partial charge is 0.237 e. The molecule has 0 radical (unpaired) electrons. The zero-order valence-corrected chi connectivity index (χ0v) is 9.55. The molecular formula is C11H22N2O. The molecule has 1 fully saturated rings. The van der Waals surface area contributed by atoms with Crippen LogP contribution in [-0.4, -0.2) is 36.5 Å². The fraction of sp³-hybridized carbons (Fsp3) is 0.909. The van der Waals surface area contributed by atoms with Gasteiger partial charge < -0.3 is 5.32 Å². The van der Waals surface area contributed by atoms with E-state index in [1.807, 2.05) is 6.92 Å². The average molecular weight is 198 g/mol. The van der Waals surface area contributed by atoms with Gasteiger partial charge in [-0.1, -0.05) is 13.8 Å². The fourth-order valence-corrected chi connectivity index (χ4v) is 1.75. The molecule has 0 bridgehead atoms. The first-order valence-corrected chi connectivity index (χ1v) is 5.63. The van der Waals surface area contributed by atoms with Crippen molar-refractivity contribution in [2.75, 3.05) is 19.6 Å². The van der Waals surface area contributed by atoms with Crippen LogP contribution < -0.4 is 5.32 Å². The molecule has 1 aliphatic heterocycles. The molecule has 1 saturated heterocycles. The third kappa shape index (κ3) is 3.29.